The first kappa shape index (κ1) is 9.46. The summed E-state index contributed by atoms with van der Waals surface area (Å²) in [5.41, 5.74) is -0.758. The molecule has 0 bridgehead atoms. The second-order valence-corrected chi connectivity index (χ2v) is 3.96. The molecule has 1 aliphatic rings. The molecule has 1 saturated carbocycles. The van der Waals surface area contributed by atoms with Crippen LogP contribution >= 0.6 is 0 Å². The molecule has 2 atom stereocenters. The summed E-state index contributed by atoms with van der Waals surface area (Å²) in [6.07, 6.45) is 1.36. The van der Waals surface area contributed by atoms with Crippen LogP contribution in [0.5, 0.6) is 5.75 Å². The fraction of sp³-hybridized carbons (Fsp3) is 0.455. The Hall–Kier alpha value is -1.09. The summed E-state index contributed by atoms with van der Waals surface area (Å²) >= 11 is 0. The minimum absolute atomic E-state index is 0.204. The van der Waals surface area contributed by atoms with Crippen molar-refractivity contribution in [2.24, 2.45) is 0 Å². The zero-order valence-corrected chi connectivity index (χ0v) is 8.03. The molecular formula is C11H13FO2. The van der Waals surface area contributed by atoms with E-state index in [0.29, 0.717) is 5.75 Å². The van der Waals surface area contributed by atoms with Crippen LogP contribution in [0.15, 0.2) is 24.3 Å². The van der Waals surface area contributed by atoms with Crippen LogP contribution in [0.2, 0.25) is 0 Å². The predicted octanol–water partition coefficient (Wildman–Crippen LogP) is 2.12. The van der Waals surface area contributed by atoms with E-state index in [9.17, 15) is 9.50 Å². The van der Waals surface area contributed by atoms with E-state index in [1.807, 2.05) is 0 Å². The molecule has 14 heavy (non-hydrogen) atoms. The van der Waals surface area contributed by atoms with Crippen LogP contribution in [-0.2, 0) is 0 Å². The maximum atomic E-state index is 12.8. The smallest absolute Gasteiger partial charge is 0.127 e. The summed E-state index contributed by atoms with van der Waals surface area (Å²) in [4.78, 5) is 0. The first-order valence-electron chi connectivity index (χ1n) is 4.72. The number of hydrogen-bond acceptors (Lipinski definition) is 2. The Kier molecular flexibility index (Phi) is 2.19. The molecule has 0 heterocycles. The van der Waals surface area contributed by atoms with Gasteiger partial charge in [-0.15, -0.1) is 0 Å². The highest BCUT2D eigenvalue weighted by Gasteiger charge is 2.42. The SMILES string of the molecule is C[C@]1(O)CC[C@@H]1Oc1cccc(F)c1. The standard InChI is InChI=1S/C11H13FO2/c1-11(13)6-5-10(11)14-9-4-2-3-8(12)7-9/h2-4,7,10,13H,5-6H2,1H3/t10-,11-/m0/s1. The molecule has 0 aliphatic heterocycles. The molecule has 0 radical (unpaired) electrons. The zero-order valence-electron chi connectivity index (χ0n) is 8.03. The van der Waals surface area contributed by atoms with Gasteiger partial charge in [0.2, 0.25) is 0 Å². The Morgan fingerprint density at radius 2 is 2.36 bits per heavy atom. The summed E-state index contributed by atoms with van der Waals surface area (Å²) in [5.74, 6) is 0.163. The highest BCUT2D eigenvalue weighted by Crippen LogP contribution is 2.35. The Labute approximate surface area is 82.3 Å². The lowest BCUT2D eigenvalue weighted by atomic mass is 9.78. The third kappa shape index (κ3) is 1.73. The lowest BCUT2D eigenvalue weighted by Crippen LogP contribution is -2.52. The quantitative estimate of drug-likeness (QED) is 0.785. The summed E-state index contributed by atoms with van der Waals surface area (Å²) in [6.45, 7) is 1.74. The first-order chi connectivity index (χ1) is 6.58. The third-order valence-corrected chi connectivity index (χ3v) is 2.68. The van der Waals surface area contributed by atoms with Crippen LogP contribution in [0.1, 0.15) is 19.8 Å². The maximum Gasteiger partial charge on any atom is 0.127 e. The molecule has 1 N–H and O–H groups in total. The van der Waals surface area contributed by atoms with E-state index in [1.165, 1.54) is 12.1 Å². The summed E-state index contributed by atoms with van der Waals surface area (Å²) < 4.78 is 18.2. The lowest BCUT2D eigenvalue weighted by molar-refractivity contribution is -0.118. The van der Waals surface area contributed by atoms with E-state index in [4.69, 9.17) is 4.74 Å². The zero-order chi connectivity index (χ0) is 10.2. The fourth-order valence-electron chi connectivity index (χ4n) is 1.57. The molecule has 2 nitrogen and oxygen atoms in total. The molecule has 0 spiro atoms. The second-order valence-electron chi connectivity index (χ2n) is 3.96. The van der Waals surface area contributed by atoms with Gasteiger partial charge in [-0.2, -0.15) is 0 Å². The molecule has 1 aliphatic carbocycles. The Morgan fingerprint density at radius 3 is 2.86 bits per heavy atom. The fourth-order valence-corrected chi connectivity index (χ4v) is 1.57. The summed E-state index contributed by atoms with van der Waals surface area (Å²) in [5, 5.41) is 9.68. The van der Waals surface area contributed by atoms with Crippen molar-refractivity contribution in [2.45, 2.75) is 31.5 Å². The van der Waals surface area contributed by atoms with Crippen molar-refractivity contribution < 1.29 is 14.2 Å². The van der Waals surface area contributed by atoms with E-state index in [2.05, 4.69) is 0 Å². The summed E-state index contributed by atoms with van der Waals surface area (Å²) in [6, 6.07) is 5.98. The van der Waals surface area contributed by atoms with Crippen molar-refractivity contribution in [1.29, 1.82) is 0 Å². The van der Waals surface area contributed by atoms with Gasteiger partial charge in [0.25, 0.3) is 0 Å². The van der Waals surface area contributed by atoms with Crippen molar-refractivity contribution >= 4 is 0 Å². The van der Waals surface area contributed by atoms with Gasteiger partial charge in [0, 0.05) is 6.07 Å². The van der Waals surface area contributed by atoms with Gasteiger partial charge in [-0.25, -0.2) is 4.39 Å². The first-order valence-corrected chi connectivity index (χ1v) is 4.72. The van der Waals surface area contributed by atoms with Gasteiger partial charge < -0.3 is 9.84 Å². The lowest BCUT2D eigenvalue weighted by Gasteiger charge is -2.42. The number of aliphatic hydroxyl groups is 1. The van der Waals surface area contributed by atoms with Crippen molar-refractivity contribution in [1.82, 2.24) is 0 Å². The second kappa shape index (κ2) is 3.24. The normalized spacial score (nSPS) is 30.9. The van der Waals surface area contributed by atoms with Gasteiger partial charge in [0.15, 0.2) is 0 Å². The molecule has 0 amide bonds. The van der Waals surface area contributed by atoms with Crippen molar-refractivity contribution in [3.63, 3.8) is 0 Å². The highest BCUT2D eigenvalue weighted by atomic mass is 19.1. The van der Waals surface area contributed by atoms with E-state index < -0.39 is 5.60 Å². The molecule has 2 rings (SSSR count). The number of halogens is 1. The average Bonchev–Trinajstić information content (AvgIpc) is 2.13. The predicted molar refractivity (Wildman–Crippen MR) is 50.7 cm³/mol. The van der Waals surface area contributed by atoms with E-state index >= 15 is 0 Å². The molecule has 3 heteroatoms. The molecule has 1 aromatic rings. The van der Waals surface area contributed by atoms with Crippen LogP contribution in [0.3, 0.4) is 0 Å². The van der Waals surface area contributed by atoms with Crippen LogP contribution < -0.4 is 4.74 Å². The van der Waals surface area contributed by atoms with Crippen LogP contribution in [-0.4, -0.2) is 16.8 Å². The Balaban J connectivity index is 2.05. The van der Waals surface area contributed by atoms with Gasteiger partial charge in [-0.1, -0.05) is 6.07 Å². The minimum atomic E-state index is -0.758. The van der Waals surface area contributed by atoms with Crippen molar-refractivity contribution in [3.8, 4) is 5.75 Å². The minimum Gasteiger partial charge on any atom is -0.487 e. The maximum absolute atomic E-state index is 12.8. The van der Waals surface area contributed by atoms with Crippen LogP contribution in [0.4, 0.5) is 4.39 Å². The van der Waals surface area contributed by atoms with Gasteiger partial charge in [0.05, 0.1) is 5.60 Å². The largest absolute Gasteiger partial charge is 0.487 e. The van der Waals surface area contributed by atoms with Gasteiger partial charge in [-0.05, 0) is 31.9 Å². The number of ether oxygens (including phenoxy) is 1. The van der Waals surface area contributed by atoms with Crippen LogP contribution in [0.25, 0.3) is 0 Å². The van der Waals surface area contributed by atoms with Gasteiger partial charge in [0.1, 0.15) is 17.7 Å². The van der Waals surface area contributed by atoms with Crippen LogP contribution in [0, 0.1) is 5.82 Å². The van der Waals surface area contributed by atoms with Crippen molar-refractivity contribution in [2.75, 3.05) is 0 Å². The molecule has 0 aromatic heterocycles. The molecule has 76 valence electrons. The average molecular weight is 196 g/mol. The molecule has 1 aromatic carbocycles. The van der Waals surface area contributed by atoms with Crippen molar-refractivity contribution in [3.05, 3.63) is 30.1 Å². The van der Waals surface area contributed by atoms with E-state index in [1.54, 1.807) is 19.1 Å². The van der Waals surface area contributed by atoms with Gasteiger partial charge in [-0.3, -0.25) is 0 Å². The summed E-state index contributed by atoms with van der Waals surface area (Å²) in [7, 11) is 0. The molecule has 0 unspecified atom stereocenters. The number of benzene rings is 1. The molecular weight excluding hydrogens is 183 g/mol. The molecule has 1 fully saturated rings. The Bertz CT molecular complexity index is 336. The van der Waals surface area contributed by atoms with Gasteiger partial charge >= 0.3 is 0 Å². The number of hydrogen-bond donors (Lipinski definition) is 1. The molecule has 0 saturated heterocycles. The Morgan fingerprint density at radius 1 is 1.57 bits per heavy atom. The van der Waals surface area contributed by atoms with E-state index in [0.717, 1.165) is 12.8 Å². The third-order valence-electron chi connectivity index (χ3n) is 2.68. The number of rotatable bonds is 2. The monoisotopic (exact) mass is 196 g/mol. The van der Waals surface area contributed by atoms with E-state index in [-0.39, 0.29) is 11.9 Å². The highest BCUT2D eigenvalue weighted by molar-refractivity contribution is 5.23. The topological polar surface area (TPSA) is 29.5 Å².